The average molecular weight is 308 g/mol. The van der Waals surface area contributed by atoms with Crippen LogP contribution in [0.5, 0.6) is 0 Å². The van der Waals surface area contributed by atoms with Crippen LogP contribution < -0.4 is 10.9 Å². The molecule has 2 rings (SSSR count). The maximum Gasteiger partial charge on any atom is 0.335 e. The van der Waals surface area contributed by atoms with E-state index in [1.54, 1.807) is 6.07 Å². The van der Waals surface area contributed by atoms with Crippen LogP contribution >= 0.6 is 15.9 Å². The SMILES string of the molecule is Cc1cccc(NC(=O)c2ccc(=O)oc2)c1Br. The van der Waals surface area contributed by atoms with Gasteiger partial charge in [-0.2, -0.15) is 0 Å². The van der Waals surface area contributed by atoms with Gasteiger partial charge in [-0.1, -0.05) is 12.1 Å². The second kappa shape index (κ2) is 5.18. The third-order valence-corrected chi connectivity index (χ3v) is 3.46. The van der Waals surface area contributed by atoms with Crippen LogP contribution in [0, 0.1) is 6.92 Å². The minimum absolute atomic E-state index is 0.294. The minimum atomic E-state index is -0.483. The van der Waals surface area contributed by atoms with Crippen LogP contribution in [-0.2, 0) is 0 Å². The van der Waals surface area contributed by atoms with E-state index in [4.69, 9.17) is 0 Å². The van der Waals surface area contributed by atoms with E-state index in [1.807, 2.05) is 19.1 Å². The van der Waals surface area contributed by atoms with Gasteiger partial charge in [-0.05, 0) is 40.5 Å². The molecule has 4 nitrogen and oxygen atoms in total. The number of nitrogens with one attached hydrogen (secondary N) is 1. The number of benzene rings is 1. The van der Waals surface area contributed by atoms with Gasteiger partial charge in [-0.25, -0.2) is 4.79 Å². The molecule has 18 heavy (non-hydrogen) atoms. The van der Waals surface area contributed by atoms with Crippen molar-refractivity contribution in [1.29, 1.82) is 0 Å². The first-order valence-corrected chi connectivity index (χ1v) is 6.02. The Morgan fingerprint density at radius 3 is 2.72 bits per heavy atom. The predicted octanol–water partition coefficient (Wildman–Crippen LogP) is 2.96. The summed E-state index contributed by atoms with van der Waals surface area (Å²) in [5.41, 5.74) is 1.50. The first-order valence-electron chi connectivity index (χ1n) is 5.23. The highest BCUT2D eigenvalue weighted by Gasteiger charge is 2.09. The number of aryl methyl sites for hydroxylation is 1. The van der Waals surface area contributed by atoms with Crippen LogP contribution in [0.1, 0.15) is 15.9 Å². The molecule has 0 fully saturated rings. The number of amides is 1. The van der Waals surface area contributed by atoms with Gasteiger partial charge in [-0.3, -0.25) is 4.79 Å². The lowest BCUT2D eigenvalue weighted by molar-refractivity contribution is 0.102. The topological polar surface area (TPSA) is 59.3 Å². The van der Waals surface area contributed by atoms with Crippen molar-refractivity contribution < 1.29 is 9.21 Å². The third kappa shape index (κ3) is 2.68. The van der Waals surface area contributed by atoms with E-state index in [1.165, 1.54) is 12.1 Å². The molecule has 0 radical (unpaired) electrons. The molecule has 5 heteroatoms. The molecule has 0 bridgehead atoms. The fourth-order valence-electron chi connectivity index (χ4n) is 1.43. The molecule has 1 N–H and O–H groups in total. The van der Waals surface area contributed by atoms with Crippen LogP contribution in [0.25, 0.3) is 0 Å². The summed E-state index contributed by atoms with van der Waals surface area (Å²) in [4.78, 5) is 22.7. The van der Waals surface area contributed by atoms with Gasteiger partial charge in [0.2, 0.25) is 0 Å². The number of halogens is 1. The standard InChI is InChI=1S/C13H10BrNO3/c1-8-3-2-4-10(12(8)14)15-13(17)9-5-6-11(16)18-7-9/h2-7H,1H3,(H,15,17). The molecular formula is C13H10BrNO3. The quantitative estimate of drug-likeness (QED) is 0.928. The van der Waals surface area contributed by atoms with Gasteiger partial charge >= 0.3 is 5.63 Å². The van der Waals surface area contributed by atoms with Crippen LogP contribution in [-0.4, -0.2) is 5.91 Å². The van der Waals surface area contributed by atoms with E-state index in [9.17, 15) is 9.59 Å². The van der Waals surface area contributed by atoms with Gasteiger partial charge in [0.05, 0.1) is 11.3 Å². The molecule has 92 valence electrons. The van der Waals surface area contributed by atoms with E-state index < -0.39 is 5.63 Å². The number of anilines is 1. The zero-order chi connectivity index (χ0) is 13.1. The van der Waals surface area contributed by atoms with Crippen molar-refractivity contribution in [2.24, 2.45) is 0 Å². The largest absolute Gasteiger partial charge is 0.430 e. The second-order valence-corrected chi connectivity index (χ2v) is 4.53. The van der Waals surface area contributed by atoms with E-state index in [0.29, 0.717) is 11.3 Å². The lowest BCUT2D eigenvalue weighted by atomic mass is 10.2. The number of hydrogen-bond donors (Lipinski definition) is 1. The fraction of sp³-hybridized carbons (Fsp3) is 0.0769. The van der Waals surface area contributed by atoms with Crippen molar-refractivity contribution in [2.75, 3.05) is 5.32 Å². The van der Waals surface area contributed by atoms with Gasteiger partial charge in [0, 0.05) is 10.5 Å². The molecule has 0 aliphatic rings. The minimum Gasteiger partial charge on any atom is -0.430 e. The number of rotatable bonds is 2. The van der Waals surface area contributed by atoms with E-state index in [2.05, 4.69) is 25.7 Å². The lowest BCUT2D eigenvalue weighted by Gasteiger charge is -2.08. The smallest absolute Gasteiger partial charge is 0.335 e. The summed E-state index contributed by atoms with van der Waals surface area (Å²) in [5, 5.41) is 2.74. The normalized spacial score (nSPS) is 10.1. The van der Waals surface area contributed by atoms with Gasteiger partial charge < -0.3 is 9.73 Å². The maximum absolute atomic E-state index is 11.9. The van der Waals surface area contributed by atoms with Crippen LogP contribution in [0.4, 0.5) is 5.69 Å². The Labute approximate surface area is 112 Å². The van der Waals surface area contributed by atoms with Crippen LogP contribution in [0.2, 0.25) is 0 Å². The highest BCUT2D eigenvalue weighted by atomic mass is 79.9. The summed E-state index contributed by atoms with van der Waals surface area (Å²) in [6.45, 7) is 1.93. The zero-order valence-electron chi connectivity index (χ0n) is 9.57. The monoisotopic (exact) mass is 307 g/mol. The first-order chi connectivity index (χ1) is 8.58. The molecule has 0 aliphatic heterocycles. The third-order valence-electron chi connectivity index (χ3n) is 2.40. The number of carbonyl (C=O) groups is 1. The Kier molecular flexibility index (Phi) is 3.62. The number of carbonyl (C=O) groups excluding carboxylic acids is 1. The Hall–Kier alpha value is -1.88. The number of hydrogen-bond acceptors (Lipinski definition) is 3. The maximum atomic E-state index is 11.9. The molecule has 1 aromatic carbocycles. The molecule has 0 aliphatic carbocycles. The lowest BCUT2D eigenvalue weighted by Crippen LogP contribution is -2.13. The first kappa shape index (κ1) is 12.6. The van der Waals surface area contributed by atoms with Crippen molar-refractivity contribution in [3.8, 4) is 0 Å². The molecule has 0 unspecified atom stereocenters. The molecule has 0 saturated heterocycles. The summed E-state index contributed by atoms with van der Waals surface area (Å²) >= 11 is 3.40. The summed E-state index contributed by atoms with van der Waals surface area (Å²) in [6, 6.07) is 8.20. The van der Waals surface area contributed by atoms with E-state index >= 15 is 0 Å². The molecule has 1 amide bonds. The second-order valence-electron chi connectivity index (χ2n) is 3.73. The summed E-state index contributed by atoms with van der Waals surface area (Å²) in [5.74, 6) is -0.329. The Morgan fingerprint density at radius 2 is 2.06 bits per heavy atom. The van der Waals surface area contributed by atoms with Crippen molar-refractivity contribution in [1.82, 2.24) is 0 Å². The van der Waals surface area contributed by atoms with Gasteiger partial charge in [-0.15, -0.1) is 0 Å². The molecular weight excluding hydrogens is 298 g/mol. The predicted molar refractivity (Wildman–Crippen MR) is 71.8 cm³/mol. The Morgan fingerprint density at radius 1 is 1.28 bits per heavy atom. The molecule has 0 atom stereocenters. The van der Waals surface area contributed by atoms with Crippen LogP contribution in [0.3, 0.4) is 0 Å². The van der Waals surface area contributed by atoms with Crippen molar-refractivity contribution in [2.45, 2.75) is 6.92 Å². The van der Waals surface area contributed by atoms with Crippen LogP contribution in [0.15, 0.2) is 50.3 Å². The zero-order valence-corrected chi connectivity index (χ0v) is 11.2. The van der Waals surface area contributed by atoms with Gasteiger partial charge in [0.1, 0.15) is 6.26 Å². The van der Waals surface area contributed by atoms with E-state index in [0.717, 1.165) is 16.3 Å². The Bertz CT molecular complexity index is 628. The van der Waals surface area contributed by atoms with Crippen molar-refractivity contribution in [3.63, 3.8) is 0 Å². The summed E-state index contributed by atoms with van der Waals surface area (Å²) in [7, 11) is 0. The van der Waals surface area contributed by atoms with Gasteiger partial charge in [0.25, 0.3) is 5.91 Å². The van der Waals surface area contributed by atoms with Crippen molar-refractivity contribution in [3.05, 3.63) is 62.6 Å². The fourth-order valence-corrected chi connectivity index (χ4v) is 1.79. The molecule has 2 aromatic rings. The summed E-state index contributed by atoms with van der Waals surface area (Å²) in [6.07, 6.45) is 1.14. The molecule has 1 heterocycles. The highest BCUT2D eigenvalue weighted by molar-refractivity contribution is 9.10. The van der Waals surface area contributed by atoms with E-state index in [-0.39, 0.29) is 5.91 Å². The molecule has 0 spiro atoms. The Balaban J connectivity index is 2.24. The van der Waals surface area contributed by atoms with Crippen molar-refractivity contribution >= 4 is 27.5 Å². The molecule has 1 aromatic heterocycles. The highest BCUT2D eigenvalue weighted by Crippen LogP contribution is 2.26. The average Bonchev–Trinajstić information content (AvgIpc) is 2.36. The molecule has 0 saturated carbocycles. The van der Waals surface area contributed by atoms with Gasteiger partial charge in [0.15, 0.2) is 0 Å². The summed E-state index contributed by atoms with van der Waals surface area (Å²) < 4.78 is 5.47.